The molecule has 4 rings (SSSR count). The number of carbonyl (C=O) groups is 1. The Morgan fingerprint density at radius 2 is 1.60 bits per heavy atom. The van der Waals surface area contributed by atoms with Gasteiger partial charge in [-0.25, -0.2) is 8.78 Å². The molecule has 0 aliphatic heterocycles. The summed E-state index contributed by atoms with van der Waals surface area (Å²) in [4.78, 5) is 12.7. The van der Waals surface area contributed by atoms with Crippen molar-refractivity contribution < 1.29 is 26.7 Å². The molecule has 3 aromatic carbocycles. The number of unbranched alkanes of at least 4 members (excludes halogenated alkanes) is 1. The Morgan fingerprint density at radius 1 is 0.884 bits per heavy atom. The first-order valence-electron chi connectivity index (χ1n) is 14.7. The number of nitrogens with zero attached hydrogens (tertiary/aromatic N) is 1. The van der Waals surface area contributed by atoms with Crippen molar-refractivity contribution in [2.24, 2.45) is 0 Å². The van der Waals surface area contributed by atoms with Crippen LogP contribution in [0, 0.1) is 18.6 Å². The first kappa shape index (κ1) is 33.8. The zero-order valence-corrected chi connectivity index (χ0v) is 25.0. The summed E-state index contributed by atoms with van der Waals surface area (Å²) in [5.74, 6) is -1.25. The van der Waals surface area contributed by atoms with Gasteiger partial charge in [-0.1, -0.05) is 50.6 Å². The maximum atomic E-state index is 13.0. The predicted octanol–water partition coefficient (Wildman–Crippen LogP) is 8.29. The molecule has 0 saturated heterocycles. The molecule has 2 N–H and O–H groups in total. The fourth-order valence-corrected chi connectivity index (χ4v) is 4.78. The van der Waals surface area contributed by atoms with Crippen LogP contribution in [0.5, 0.6) is 0 Å². The number of rotatable bonds is 12. The zero-order valence-electron chi connectivity index (χ0n) is 25.0. The quantitative estimate of drug-likeness (QED) is 0.127. The van der Waals surface area contributed by atoms with E-state index < -0.39 is 24.2 Å². The molecule has 0 radical (unpaired) electrons. The van der Waals surface area contributed by atoms with E-state index in [-0.39, 0.29) is 11.5 Å². The van der Waals surface area contributed by atoms with Crippen LogP contribution in [0.25, 0.3) is 10.9 Å². The highest BCUT2D eigenvalue weighted by Gasteiger charge is 2.29. The first-order chi connectivity index (χ1) is 20.5. The van der Waals surface area contributed by atoms with Gasteiger partial charge < -0.3 is 15.2 Å². The van der Waals surface area contributed by atoms with Gasteiger partial charge in [0.1, 0.15) is 11.6 Å². The summed E-state index contributed by atoms with van der Waals surface area (Å²) in [6.45, 7) is 8.53. The number of aromatic nitrogens is 1. The summed E-state index contributed by atoms with van der Waals surface area (Å²) in [5, 5.41) is 6.87. The molecular formula is C34H40F5N3O. The topological polar surface area (TPSA) is 46.1 Å². The van der Waals surface area contributed by atoms with Gasteiger partial charge >= 0.3 is 6.18 Å². The predicted molar refractivity (Wildman–Crippen MR) is 162 cm³/mol. The Kier molecular flexibility index (Phi) is 12.7. The number of fused-ring (bicyclic) bond motifs is 1. The van der Waals surface area contributed by atoms with Crippen LogP contribution in [0.15, 0.2) is 66.9 Å². The minimum atomic E-state index is -4.27. The number of nitrogens with one attached hydrogen (secondary N) is 2. The fraction of sp³-hybridized carbons (Fsp3) is 0.382. The van der Waals surface area contributed by atoms with Crippen LogP contribution in [0.1, 0.15) is 65.7 Å². The second-order valence-electron chi connectivity index (χ2n) is 10.6. The van der Waals surface area contributed by atoms with Crippen LogP contribution < -0.4 is 10.6 Å². The molecule has 1 aromatic heterocycles. The van der Waals surface area contributed by atoms with Gasteiger partial charge in [-0.3, -0.25) is 4.79 Å². The average Bonchev–Trinajstić information content (AvgIpc) is 3.28. The number of benzene rings is 3. The Labute approximate surface area is 250 Å². The molecule has 0 saturated carbocycles. The van der Waals surface area contributed by atoms with Gasteiger partial charge in [0.2, 0.25) is 0 Å². The van der Waals surface area contributed by atoms with E-state index in [1.165, 1.54) is 23.3 Å². The van der Waals surface area contributed by atoms with E-state index in [0.29, 0.717) is 35.1 Å². The lowest BCUT2D eigenvalue weighted by molar-refractivity contribution is -0.127. The van der Waals surface area contributed by atoms with Crippen molar-refractivity contribution in [3.05, 3.63) is 106 Å². The molecule has 4 aromatic rings. The molecule has 0 aliphatic rings. The second kappa shape index (κ2) is 16.2. The van der Waals surface area contributed by atoms with Crippen LogP contribution in [0.3, 0.4) is 0 Å². The smallest absolute Gasteiger partial charge is 0.352 e. The maximum absolute atomic E-state index is 13.0. The van der Waals surface area contributed by atoms with Gasteiger partial charge in [-0.15, -0.1) is 0 Å². The summed E-state index contributed by atoms with van der Waals surface area (Å²) < 4.78 is 65.3. The largest absolute Gasteiger partial charge is 0.393 e. The Hall–Kier alpha value is -3.72. The molecule has 0 fully saturated rings. The lowest BCUT2D eigenvalue weighted by atomic mass is 10.1. The molecule has 0 unspecified atom stereocenters. The van der Waals surface area contributed by atoms with Gasteiger partial charge in [0, 0.05) is 48.4 Å². The molecule has 43 heavy (non-hydrogen) atoms. The molecule has 0 aliphatic carbocycles. The minimum absolute atomic E-state index is 0.210. The van der Waals surface area contributed by atoms with E-state index in [9.17, 15) is 26.7 Å². The average molecular weight is 602 g/mol. The lowest BCUT2D eigenvalue weighted by Gasteiger charge is -2.09. The number of hydrogen-bond acceptors (Lipinski definition) is 2. The van der Waals surface area contributed by atoms with E-state index in [0.717, 1.165) is 44.8 Å². The Morgan fingerprint density at radius 3 is 2.26 bits per heavy atom. The fourth-order valence-electron chi connectivity index (χ4n) is 4.78. The summed E-state index contributed by atoms with van der Waals surface area (Å²) >= 11 is 0. The maximum Gasteiger partial charge on any atom is 0.393 e. The minimum Gasteiger partial charge on any atom is -0.352 e. The highest BCUT2D eigenvalue weighted by atomic mass is 19.4. The molecule has 232 valence electrons. The van der Waals surface area contributed by atoms with Crippen molar-refractivity contribution in [3.8, 4) is 0 Å². The molecule has 9 heteroatoms. The van der Waals surface area contributed by atoms with Crippen molar-refractivity contribution in [2.75, 3.05) is 13.1 Å². The Balaban J connectivity index is 0.000000480. The third-order valence-electron chi connectivity index (χ3n) is 6.92. The van der Waals surface area contributed by atoms with E-state index in [1.54, 1.807) is 31.3 Å². The van der Waals surface area contributed by atoms with Crippen molar-refractivity contribution in [3.63, 3.8) is 0 Å². The van der Waals surface area contributed by atoms with Crippen LogP contribution in [-0.4, -0.2) is 29.7 Å². The molecule has 0 atom stereocenters. The summed E-state index contributed by atoms with van der Waals surface area (Å²) in [5.41, 5.74) is 4.55. The number of alkyl halides is 3. The van der Waals surface area contributed by atoms with Crippen LogP contribution in [0.2, 0.25) is 0 Å². The summed E-state index contributed by atoms with van der Waals surface area (Å²) in [6, 6.07) is 16.9. The molecule has 1 heterocycles. The summed E-state index contributed by atoms with van der Waals surface area (Å²) in [7, 11) is 0. The van der Waals surface area contributed by atoms with Crippen molar-refractivity contribution in [1.29, 1.82) is 0 Å². The van der Waals surface area contributed by atoms with E-state index >= 15 is 0 Å². The number of hydrogen-bond donors (Lipinski definition) is 2. The monoisotopic (exact) mass is 601 g/mol. The van der Waals surface area contributed by atoms with Gasteiger partial charge in [-0.05, 0) is 79.3 Å². The third-order valence-corrected chi connectivity index (χ3v) is 6.92. The highest BCUT2D eigenvalue weighted by molar-refractivity contribution is 5.98. The van der Waals surface area contributed by atoms with Gasteiger partial charge in [0.25, 0.3) is 5.91 Å². The van der Waals surface area contributed by atoms with Crippen LogP contribution in [-0.2, 0) is 25.9 Å². The standard InChI is InChI=1S/C27H34F3N3O.C7H6F2/c1-3-5-14-33-19-23(17-27(28,29)30)24-11-10-22(16-25(24)33)26(34)32-13-7-12-31-18-21-9-6-8-20(4-2)15-21;1-5-2-6(8)4-7(9)3-5/h6,8-11,15-16,19,31H,3-5,7,12-14,17-18H2,1-2H3,(H,32,34);2-4H,1H3. The number of amides is 1. The third kappa shape index (κ3) is 11.1. The number of aryl methyl sites for hydroxylation is 3. The van der Waals surface area contributed by atoms with Crippen molar-refractivity contribution >= 4 is 16.8 Å². The number of carbonyl (C=O) groups excluding carboxylic acids is 1. The molecular weight excluding hydrogens is 561 g/mol. The molecule has 0 spiro atoms. The van der Waals surface area contributed by atoms with E-state index in [4.69, 9.17) is 0 Å². The van der Waals surface area contributed by atoms with Crippen molar-refractivity contribution in [1.82, 2.24) is 15.2 Å². The summed E-state index contributed by atoms with van der Waals surface area (Å²) in [6.07, 6.45) is -0.0648. The SMILES string of the molecule is CCCCn1cc(CC(F)(F)F)c2ccc(C(=O)NCCCNCc3cccc(CC)c3)cc21.Cc1cc(F)cc(F)c1. The molecule has 0 bridgehead atoms. The van der Waals surface area contributed by atoms with E-state index in [2.05, 4.69) is 41.8 Å². The first-order valence-corrected chi connectivity index (χ1v) is 14.7. The van der Waals surface area contributed by atoms with Gasteiger partial charge in [-0.2, -0.15) is 13.2 Å². The zero-order chi connectivity index (χ0) is 31.4. The molecule has 1 amide bonds. The lowest BCUT2D eigenvalue weighted by Crippen LogP contribution is -2.27. The highest BCUT2D eigenvalue weighted by Crippen LogP contribution is 2.29. The molecule has 4 nitrogen and oxygen atoms in total. The van der Waals surface area contributed by atoms with Crippen LogP contribution in [0.4, 0.5) is 22.0 Å². The second-order valence-corrected chi connectivity index (χ2v) is 10.6. The van der Waals surface area contributed by atoms with Gasteiger partial charge in [0.15, 0.2) is 0 Å². The number of halogens is 5. The van der Waals surface area contributed by atoms with Crippen LogP contribution >= 0.6 is 0 Å². The van der Waals surface area contributed by atoms with Crippen molar-refractivity contribution in [2.45, 2.75) is 72.1 Å². The van der Waals surface area contributed by atoms with Gasteiger partial charge in [0.05, 0.1) is 6.42 Å². The van der Waals surface area contributed by atoms with E-state index in [1.807, 2.05) is 11.5 Å². The normalized spacial score (nSPS) is 11.3. The Bertz CT molecular complexity index is 1430.